The molecule has 0 saturated carbocycles. The Morgan fingerprint density at radius 3 is 1.96 bits per heavy atom. The summed E-state index contributed by atoms with van der Waals surface area (Å²) in [6.07, 6.45) is 10.0. The Morgan fingerprint density at radius 2 is 1.36 bits per heavy atom. The Kier molecular flexibility index (Phi) is 12.1. The molecule has 2 atom stereocenters. The number of amides is 2. The second-order valence-corrected chi connectivity index (χ2v) is 17.0. The van der Waals surface area contributed by atoms with Gasteiger partial charge < -0.3 is 43.5 Å². The number of benzene rings is 2. The van der Waals surface area contributed by atoms with Crippen LogP contribution in [0, 0.1) is 0 Å². The standard InChI is InChI=1S/C43H56ClN5O7/c1-45-21-16-32(38(28-45)56-43(53)49-24-14-30(15-25-49)47-19-8-3-9-20-47)39-37(55-42(52)48-22-12-29(13-23-48)46-17-6-2-7-18-46)27-35(51)40-34(50)26-36(54-41(39)40)31-10-4-5-11-33(31)44/h4-5,10-11,26-27,29-30,32,38,51H,2-3,6-9,12-25,28H2,1H3/t32-,38+/m0/s1. The van der Waals surface area contributed by atoms with E-state index < -0.39 is 23.5 Å². The third-order valence-corrected chi connectivity index (χ3v) is 13.3. The van der Waals surface area contributed by atoms with Crippen molar-refractivity contribution >= 4 is 34.8 Å². The predicted octanol–water partition coefficient (Wildman–Crippen LogP) is 7.14. The maximum absolute atomic E-state index is 14.0. The molecule has 0 radical (unpaired) electrons. The molecule has 1 aromatic heterocycles. The predicted molar refractivity (Wildman–Crippen MR) is 216 cm³/mol. The molecule has 13 heteroatoms. The van der Waals surface area contributed by atoms with Crippen molar-refractivity contribution in [2.45, 2.75) is 94.7 Å². The number of rotatable bonds is 6. The Balaban J connectivity index is 1.10. The summed E-state index contributed by atoms with van der Waals surface area (Å²) in [7, 11) is 1.99. The quantitative estimate of drug-likeness (QED) is 0.276. The molecule has 5 aliphatic rings. The molecule has 1 N–H and O–H groups in total. The van der Waals surface area contributed by atoms with Gasteiger partial charge >= 0.3 is 12.2 Å². The lowest BCUT2D eigenvalue weighted by molar-refractivity contribution is 0.00629. The molecule has 0 aliphatic carbocycles. The van der Waals surface area contributed by atoms with Gasteiger partial charge in [0.05, 0.1) is 5.02 Å². The molecule has 8 rings (SSSR count). The van der Waals surface area contributed by atoms with Crippen LogP contribution in [0.4, 0.5) is 9.59 Å². The third-order valence-electron chi connectivity index (χ3n) is 13.0. The van der Waals surface area contributed by atoms with Gasteiger partial charge in [0, 0.05) is 74.0 Å². The minimum absolute atomic E-state index is 0.0262. The Labute approximate surface area is 334 Å². The van der Waals surface area contributed by atoms with Gasteiger partial charge in [0.25, 0.3) is 0 Å². The first-order valence-electron chi connectivity index (χ1n) is 20.9. The van der Waals surface area contributed by atoms with Crippen LogP contribution in [-0.4, -0.2) is 132 Å². The smallest absolute Gasteiger partial charge is 0.415 e. The summed E-state index contributed by atoms with van der Waals surface area (Å²) in [5.74, 6) is -0.556. The molecule has 5 saturated heterocycles. The molecule has 3 aromatic rings. The van der Waals surface area contributed by atoms with E-state index >= 15 is 0 Å². The normalized spacial score (nSPS) is 24.0. The molecule has 302 valence electrons. The number of carbonyl (C=O) groups excluding carboxylic acids is 2. The Hall–Kier alpha value is -3.84. The lowest BCUT2D eigenvalue weighted by Crippen LogP contribution is -2.50. The van der Waals surface area contributed by atoms with E-state index in [4.69, 9.17) is 25.5 Å². The van der Waals surface area contributed by atoms with Crippen molar-refractivity contribution in [1.82, 2.24) is 24.5 Å². The highest BCUT2D eigenvalue weighted by molar-refractivity contribution is 6.33. The number of hydrogen-bond acceptors (Lipinski definition) is 10. The molecule has 0 unspecified atom stereocenters. The number of halogens is 1. The van der Waals surface area contributed by atoms with Crippen LogP contribution >= 0.6 is 11.6 Å². The number of ether oxygens (including phenoxy) is 2. The molecule has 5 fully saturated rings. The van der Waals surface area contributed by atoms with Gasteiger partial charge in [-0.05, 0) is 110 Å². The molecular formula is C43H56ClN5O7. The molecule has 5 aliphatic heterocycles. The van der Waals surface area contributed by atoms with Gasteiger partial charge in [0.1, 0.15) is 34.3 Å². The second kappa shape index (κ2) is 17.3. The van der Waals surface area contributed by atoms with E-state index in [1.54, 1.807) is 29.2 Å². The summed E-state index contributed by atoms with van der Waals surface area (Å²) in [5, 5.41) is 11.8. The molecule has 0 spiro atoms. The molecule has 2 amide bonds. The highest BCUT2D eigenvalue weighted by Crippen LogP contribution is 2.45. The van der Waals surface area contributed by atoms with Crippen molar-refractivity contribution in [3.63, 3.8) is 0 Å². The molecule has 12 nitrogen and oxygen atoms in total. The molecule has 0 bridgehead atoms. The van der Waals surface area contributed by atoms with Crippen molar-refractivity contribution < 1.29 is 28.6 Å². The first-order chi connectivity index (χ1) is 27.2. The van der Waals surface area contributed by atoms with Gasteiger partial charge in [0.15, 0.2) is 5.43 Å². The van der Waals surface area contributed by atoms with E-state index in [1.807, 2.05) is 11.9 Å². The summed E-state index contributed by atoms with van der Waals surface area (Å²) in [6, 6.07) is 10.7. The fourth-order valence-electron chi connectivity index (χ4n) is 9.82. The molecule has 2 aromatic carbocycles. The number of phenols is 1. The van der Waals surface area contributed by atoms with E-state index in [0.29, 0.717) is 73.9 Å². The second-order valence-electron chi connectivity index (χ2n) is 16.5. The topological polar surface area (TPSA) is 119 Å². The number of nitrogens with zero attached hydrogens (tertiary/aromatic N) is 5. The van der Waals surface area contributed by atoms with Crippen LogP contribution in [-0.2, 0) is 4.74 Å². The van der Waals surface area contributed by atoms with Crippen molar-refractivity contribution in [2.24, 2.45) is 0 Å². The lowest BCUT2D eigenvalue weighted by atomic mass is 9.85. The SMILES string of the molecule is CN1CC[C@H](c2c(OC(=O)N3CCC(N4CCCCC4)CC3)cc(O)c3c(=O)cc(-c4ccccc4Cl)oc23)[C@H](OC(=O)N2CCC(N3CCCCC3)CC2)C1. The van der Waals surface area contributed by atoms with Gasteiger partial charge in [-0.15, -0.1) is 0 Å². The minimum atomic E-state index is -0.652. The van der Waals surface area contributed by atoms with E-state index in [0.717, 1.165) is 51.9 Å². The fraction of sp³-hybridized carbons (Fsp3) is 0.605. The maximum Gasteiger partial charge on any atom is 0.415 e. The fourth-order valence-corrected chi connectivity index (χ4v) is 10.0. The first kappa shape index (κ1) is 39.0. The average molecular weight is 790 g/mol. The van der Waals surface area contributed by atoms with Crippen LogP contribution in [0.25, 0.3) is 22.3 Å². The van der Waals surface area contributed by atoms with Crippen LogP contribution in [0.15, 0.2) is 45.6 Å². The van der Waals surface area contributed by atoms with Gasteiger partial charge in [-0.1, -0.05) is 36.6 Å². The van der Waals surface area contributed by atoms with E-state index in [9.17, 15) is 19.5 Å². The number of carbonyl (C=O) groups is 2. The van der Waals surface area contributed by atoms with Crippen LogP contribution in [0.5, 0.6) is 11.5 Å². The Morgan fingerprint density at radius 1 is 0.768 bits per heavy atom. The minimum Gasteiger partial charge on any atom is -0.507 e. The summed E-state index contributed by atoms with van der Waals surface area (Å²) in [5.41, 5.74) is 0.569. The van der Waals surface area contributed by atoms with E-state index in [2.05, 4.69) is 14.7 Å². The van der Waals surface area contributed by atoms with Crippen molar-refractivity contribution in [3.8, 4) is 22.8 Å². The number of likely N-dealkylation sites (tertiary alicyclic amines) is 5. The molecular weight excluding hydrogens is 734 g/mol. The van der Waals surface area contributed by atoms with Gasteiger partial charge in [-0.25, -0.2) is 9.59 Å². The van der Waals surface area contributed by atoms with Crippen LogP contribution in [0.2, 0.25) is 5.02 Å². The highest BCUT2D eigenvalue weighted by Gasteiger charge is 2.40. The van der Waals surface area contributed by atoms with Crippen molar-refractivity contribution in [1.29, 1.82) is 0 Å². The number of phenolic OH excluding ortho intramolecular Hbond substituents is 1. The number of fused-ring (bicyclic) bond motifs is 1. The largest absolute Gasteiger partial charge is 0.507 e. The van der Waals surface area contributed by atoms with E-state index in [-0.39, 0.29) is 34.3 Å². The van der Waals surface area contributed by atoms with Crippen LogP contribution in [0.1, 0.15) is 82.1 Å². The maximum atomic E-state index is 14.0. The van der Waals surface area contributed by atoms with Gasteiger partial charge in [0.2, 0.25) is 0 Å². The summed E-state index contributed by atoms with van der Waals surface area (Å²) >= 11 is 6.59. The number of aromatic hydroxyl groups is 1. The monoisotopic (exact) mass is 789 g/mol. The van der Waals surface area contributed by atoms with Gasteiger partial charge in [-0.3, -0.25) is 4.79 Å². The summed E-state index contributed by atoms with van der Waals surface area (Å²) < 4.78 is 19.2. The van der Waals surface area contributed by atoms with Crippen LogP contribution in [0.3, 0.4) is 0 Å². The van der Waals surface area contributed by atoms with Gasteiger partial charge in [-0.2, -0.15) is 0 Å². The zero-order valence-corrected chi connectivity index (χ0v) is 33.4. The molecule has 56 heavy (non-hydrogen) atoms. The number of hydrogen-bond donors (Lipinski definition) is 1. The van der Waals surface area contributed by atoms with Crippen molar-refractivity contribution in [2.75, 3.05) is 72.5 Å². The number of likely N-dealkylation sites (N-methyl/N-ethyl adjacent to an activating group) is 1. The zero-order chi connectivity index (χ0) is 38.8. The lowest BCUT2D eigenvalue weighted by Gasteiger charge is -2.41. The first-order valence-corrected chi connectivity index (χ1v) is 21.3. The Bertz CT molecular complexity index is 1930. The van der Waals surface area contributed by atoms with E-state index in [1.165, 1.54) is 50.7 Å². The average Bonchev–Trinajstić information content (AvgIpc) is 3.22. The third kappa shape index (κ3) is 8.40. The number of piperidine rings is 5. The summed E-state index contributed by atoms with van der Waals surface area (Å²) in [6.45, 7) is 7.93. The van der Waals surface area contributed by atoms with Crippen molar-refractivity contribution in [3.05, 3.63) is 57.2 Å². The van der Waals surface area contributed by atoms with Crippen LogP contribution < -0.4 is 10.2 Å². The zero-order valence-electron chi connectivity index (χ0n) is 32.6. The summed E-state index contributed by atoms with van der Waals surface area (Å²) in [4.78, 5) is 52.6. The molecule has 6 heterocycles. The highest BCUT2D eigenvalue weighted by atomic mass is 35.5.